The predicted octanol–water partition coefficient (Wildman–Crippen LogP) is 1.20. The summed E-state index contributed by atoms with van der Waals surface area (Å²) >= 11 is 0. The highest BCUT2D eigenvalue weighted by atomic mass is 32.2. The molecule has 0 saturated heterocycles. The third-order valence-electron chi connectivity index (χ3n) is 5.87. The highest BCUT2D eigenvalue weighted by Crippen LogP contribution is 2.57. The molecule has 0 aliphatic heterocycles. The Morgan fingerprint density at radius 1 is 1.29 bits per heavy atom. The van der Waals surface area contributed by atoms with Crippen LogP contribution >= 0.6 is 0 Å². The second kappa shape index (κ2) is 6.73. The van der Waals surface area contributed by atoms with E-state index in [0.717, 1.165) is 10.8 Å². The molecule has 1 saturated carbocycles. The van der Waals surface area contributed by atoms with Gasteiger partial charge < -0.3 is 10.4 Å². The number of imidazole rings is 1. The molecule has 1 aromatic carbocycles. The smallest absolute Gasteiger partial charge is 0.337 e. The van der Waals surface area contributed by atoms with Gasteiger partial charge in [-0.25, -0.2) is 22.6 Å². The lowest BCUT2D eigenvalue weighted by Crippen LogP contribution is -2.42. The van der Waals surface area contributed by atoms with Gasteiger partial charge >= 0.3 is 11.7 Å². The van der Waals surface area contributed by atoms with Crippen LogP contribution in [-0.4, -0.2) is 53.3 Å². The number of aromatic nitrogens is 2. The van der Waals surface area contributed by atoms with Crippen LogP contribution in [0.4, 0.5) is 4.79 Å². The van der Waals surface area contributed by atoms with Gasteiger partial charge in [-0.2, -0.15) is 0 Å². The largest absolute Gasteiger partial charge is 0.396 e. The van der Waals surface area contributed by atoms with E-state index >= 15 is 0 Å². The maximum Gasteiger partial charge on any atom is 0.337 e. The Morgan fingerprint density at radius 3 is 2.39 bits per heavy atom. The number of aryl methyl sites for hydroxylation is 1. The number of hydrogen-bond acceptors (Lipinski definition) is 5. The van der Waals surface area contributed by atoms with Crippen LogP contribution in [0.25, 0.3) is 11.0 Å². The molecule has 1 amide bonds. The molecule has 2 unspecified atom stereocenters. The molecule has 2 aromatic rings. The van der Waals surface area contributed by atoms with Crippen molar-refractivity contribution in [2.24, 2.45) is 10.8 Å². The van der Waals surface area contributed by atoms with Gasteiger partial charge in [0.05, 0.1) is 23.4 Å². The Kier molecular flexibility index (Phi) is 4.95. The minimum Gasteiger partial charge on any atom is -0.396 e. The number of fused-ring (bicyclic) bond motifs is 1. The van der Waals surface area contributed by atoms with Crippen LogP contribution in [0.2, 0.25) is 0 Å². The van der Waals surface area contributed by atoms with E-state index in [0.29, 0.717) is 17.5 Å². The molecule has 2 N–H and O–H groups in total. The van der Waals surface area contributed by atoms with Crippen molar-refractivity contribution in [3.63, 3.8) is 0 Å². The summed E-state index contributed by atoms with van der Waals surface area (Å²) in [7, 11) is -3.26. The number of carbonyl (C=O) groups is 1. The number of hydrogen-bond donors (Lipinski definition) is 2. The molecule has 154 valence electrons. The molecule has 1 aliphatic carbocycles. The van der Waals surface area contributed by atoms with Gasteiger partial charge in [-0.05, 0) is 24.0 Å². The molecule has 1 heterocycles. The van der Waals surface area contributed by atoms with Crippen molar-refractivity contribution in [3.05, 3.63) is 34.7 Å². The van der Waals surface area contributed by atoms with Crippen molar-refractivity contribution in [1.29, 1.82) is 0 Å². The first-order valence-electron chi connectivity index (χ1n) is 9.21. The van der Waals surface area contributed by atoms with Gasteiger partial charge in [-0.1, -0.05) is 32.9 Å². The zero-order valence-corrected chi connectivity index (χ0v) is 17.4. The number of benzene rings is 1. The summed E-state index contributed by atoms with van der Waals surface area (Å²) in [5, 5.41) is 12.7. The summed E-state index contributed by atoms with van der Waals surface area (Å²) in [5.41, 5.74) is -0.265. The fraction of sp³-hybridized carbons (Fsp3) is 0.579. The lowest BCUT2D eigenvalue weighted by atomic mass is 9.77. The van der Waals surface area contributed by atoms with Crippen molar-refractivity contribution < 1.29 is 18.3 Å². The van der Waals surface area contributed by atoms with E-state index in [4.69, 9.17) is 0 Å². The second-order valence-corrected chi connectivity index (χ2v) is 10.9. The summed E-state index contributed by atoms with van der Waals surface area (Å²) in [5.74, 6) is -0.192. The van der Waals surface area contributed by atoms with Gasteiger partial charge in [0.2, 0.25) is 0 Å². The second-order valence-electron chi connectivity index (χ2n) is 8.66. The number of carbonyl (C=O) groups excluding carboxylic acids is 1. The van der Waals surface area contributed by atoms with Gasteiger partial charge in [-0.3, -0.25) is 4.57 Å². The number of sulfone groups is 1. The van der Waals surface area contributed by atoms with Crippen LogP contribution in [-0.2, 0) is 16.4 Å². The van der Waals surface area contributed by atoms with Gasteiger partial charge in [0.1, 0.15) is 9.84 Å². The minimum absolute atomic E-state index is 0.0234. The average molecular weight is 410 g/mol. The molecular weight excluding hydrogens is 382 g/mol. The Balaban J connectivity index is 1.95. The number of amides is 1. The third-order valence-corrected chi connectivity index (χ3v) is 6.80. The van der Waals surface area contributed by atoms with Gasteiger partial charge in [0.25, 0.3) is 0 Å². The fourth-order valence-corrected chi connectivity index (χ4v) is 4.34. The Labute approximate surface area is 164 Å². The monoisotopic (exact) mass is 409 g/mol. The molecule has 3 rings (SSSR count). The molecule has 0 bridgehead atoms. The summed E-state index contributed by atoms with van der Waals surface area (Å²) in [6.07, 6.45) is 1.75. The standard InChI is InChI=1S/C19H27N3O5S/c1-18(2,3)19(12-23)11-15(19)20-16(24)22-14-8-6-5-7-13(14)21(17(22)25)9-10-28(4,26)27/h5-8,15,23H,9-12H2,1-4H3,(H,20,24). The number of rotatable bonds is 5. The molecule has 28 heavy (non-hydrogen) atoms. The van der Waals surface area contributed by atoms with Crippen LogP contribution in [0.5, 0.6) is 0 Å². The average Bonchev–Trinajstić information content (AvgIpc) is 3.22. The van der Waals surface area contributed by atoms with Gasteiger partial charge in [0, 0.05) is 24.3 Å². The quantitative estimate of drug-likeness (QED) is 0.771. The molecule has 1 aliphatic rings. The zero-order chi connectivity index (χ0) is 20.9. The van der Waals surface area contributed by atoms with E-state index in [-0.39, 0.29) is 30.4 Å². The third kappa shape index (κ3) is 3.48. The molecular formula is C19H27N3O5S. The van der Waals surface area contributed by atoms with Crippen LogP contribution in [0.1, 0.15) is 27.2 Å². The van der Waals surface area contributed by atoms with E-state index in [1.807, 2.05) is 20.8 Å². The molecule has 2 atom stereocenters. The number of nitrogens with zero attached hydrogens (tertiary/aromatic N) is 2. The topological polar surface area (TPSA) is 110 Å². The van der Waals surface area contributed by atoms with Crippen molar-refractivity contribution in [2.45, 2.75) is 39.8 Å². The highest BCUT2D eigenvalue weighted by Gasteiger charge is 2.61. The van der Waals surface area contributed by atoms with Crippen LogP contribution in [0.3, 0.4) is 0 Å². The van der Waals surface area contributed by atoms with Crippen molar-refractivity contribution in [1.82, 2.24) is 14.5 Å². The Hall–Kier alpha value is -2.13. The summed E-state index contributed by atoms with van der Waals surface area (Å²) < 4.78 is 25.4. The van der Waals surface area contributed by atoms with E-state index in [2.05, 4.69) is 5.32 Å². The van der Waals surface area contributed by atoms with Gasteiger partial charge in [0.15, 0.2) is 0 Å². The number of nitrogens with one attached hydrogen (secondary N) is 1. The summed E-state index contributed by atoms with van der Waals surface area (Å²) in [6, 6.07) is 6.00. The minimum atomic E-state index is -3.26. The molecule has 1 fully saturated rings. The molecule has 9 heteroatoms. The maximum atomic E-state index is 12.9. The van der Waals surface area contributed by atoms with Crippen LogP contribution in [0.15, 0.2) is 29.1 Å². The number of para-hydroxylation sites is 2. The highest BCUT2D eigenvalue weighted by molar-refractivity contribution is 7.90. The lowest BCUT2D eigenvalue weighted by molar-refractivity contribution is 0.101. The first kappa shape index (κ1) is 20.6. The van der Waals surface area contributed by atoms with E-state index in [1.54, 1.807) is 24.3 Å². The number of aliphatic hydroxyl groups excluding tert-OH is 1. The van der Waals surface area contributed by atoms with E-state index in [9.17, 15) is 23.1 Å². The summed E-state index contributed by atoms with van der Waals surface area (Å²) in [6.45, 7) is 5.97. The molecule has 0 radical (unpaired) electrons. The first-order chi connectivity index (χ1) is 12.9. The van der Waals surface area contributed by atoms with Gasteiger partial charge in [-0.15, -0.1) is 0 Å². The summed E-state index contributed by atoms with van der Waals surface area (Å²) in [4.78, 5) is 25.8. The van der Waals surface area contributed by atoms with Crippen molar-refractivity contribution >= 4 is 26.9 Å². The SMILES string of the molecule is CC(C)(C)C1(CO)CC1NC(=O)n1c(=O)n(CCS(C)(=O)=O)c2ccccc21. The van der Waals surface area contributed by atoms with E-state index < -0.39 is 27.0 Å². The maximum absolute atomic E-state index is 12.9. The Bertz CT molecular complexity index is 1080. The Morgan fingerprint density at radius 2 is 1.89 bits per heavy atom. The number of aliphatic hydroxyl groups is 1. The first-order valence-corrected chi connectivity index (χ1v) is 11.3. The lowest BCUT2D eigenvalue weighted by Gasteiger charge is -2.30. The molecule has 8 nitrogen and oxygen atoms in total. The van der Waals surface area contributed by atoms with Crippen LogP contribution < -0.4 is 11.0 Å². The van der Waals surface area contributed by atoms with Crippen molar-refractivity contribution in [3.8, 4) is 0 Å². The fourth-order valence-electron chi connectivity index (χ4n) is 3.83. The van der Waals surface area contributed by atoms with Crippen LogP contribution in [0, 0.1) is 10.8 Å². The van der Waals surface area contributed by atoms with E-state index in [1.165, 1.54) is 4.57 Å². The normalized spacial score (nSPS) is 22.4. The predicted molar refractivity (Wildman–Crippen MR) is 107 cm³/mol. The molecule has 0 spiro atoms. The molecule has 1 aromatic heterocycles. The zero-order valence-electron chi connectivity index (χ0n) is 16.6. The van der Waals surface area contributed by atoms with Crippen molar-refractivity contribution in [2.75, 3.05) is 18.6 Å².